The molecule has 0 fully saturated rings. The van der Waals surface area contributed by atoms with Crippen LogP contribution >= 0.6 is 0 Å². The van der Waals surface area contributed by atoms with Crippen LogP contribution in [0.3, 0.4) is 0 Å². The molecule has 0 spiro atoms. The van der Waals surface area contributed by atoms with Crippen LogP contribution in [0, 0.1) is 11.3 Å². The van der Waals surface area contributed by atoms with Gasteiger partial charge in [0.15, 0.2) is 0 Å². The van der Waals surface area contributed by atoms with Crippen LogP contribution in [0.1, 0.15) is 33.2 Å². The zero-order valence-electron chi connectivity index (χ0n) is 14.1. The number of fused-ring (bicyclic) bond motifs is 1. The third-order valence-corrected chi connectivity index (χ3v) is 4.55. The Kier molecular flexibility index (Phi) is 4.12. The second-order valence-electron chi connectivity index (χ2n) is 6.25. The first kappa shape index (κ1) is 15.9. The summed E-state index contributed by atoms with van der Waals surface area (Å²) in [7, 11) is 0. The molecule has 0 aromatic heterocycles. The first-order chi connectivity index (χ1) is 12.8. The first-order valence-corrected chi connectivity index (χ1v) is 8.47. The minimum atomic E-state index is -0.328. The number of hydrogen-bond donors (Lipinski definition) is 1. The highest BCUT2D eigenvalue weighted by Crippen LogP contribution is 2.34. The Morgan fingerprint density at radius 2 is 1.73 bits per heavy atom. The molecule has 1 aliphatic heterocycles. The van der Waals surface area contributed by atoms with Gasteiger partial charge in [0, 0.05) is 12.2 Å². The fraction of sp³-hybridized carbons (Fsp3) is 0.0909. The number of nitrogens with one attached hydrogen (secondary N) is 1. The fourth-order valence-corrected chi connectivity index (χ4v) is 3.28. The van der Waals surface area contributed by atoms with Crippen LogP contribution in [0.25, 0.3) is 0 Å². The van der Waals surface area contributed by atoms with E-state index in [0.717, 1.165) is 16.8 Å². The minimum Gasteiger partial charge on any atom is -0.361 e. The van der Waals surface area contributed by atoms with Crippen LogP contribution in [0.2, 0.25) is 0 Å². The molecule has 0 saturated carbocycles. The van der Waals surface area contributed by atoms with Gasteiger partial charge in [-0.2, -0.15) is 5.26 Å². The Morgan fingerprint density at radius 3 is 2.54 bits per heavy atom. The maximum absolute atomic E-state index is 13.2. The average molecular weight is 339 g/mol. The Bertz CT molecular complexity index is 992. The van der Waals surface area contributed by atoms with Gasteiger partial charge in [-0.25, -0.2) is 0 Å². The predicted molar refractivity (Wildman–Crippen MR) is 100 cm³/mol. The largest absolute Gasteiger partial charge is 0.361 e. The van der Waals surface area contributed by atoms with Crippen molar-refractivity contribution in [1.82, 2.24) is 4.90 Å². The van der Waals surface area contributed by atoms with Crippen LogP contribution in [0.5, 0.6) is 0 Å². The second-order valence-corrected chi connectivity index (χ2v) is 6.25. The van der Waals surface area contributed by atoms with Crippen LogP contribution in [0.15, 0.2) is 78.9 Å². The number of para-hydroxylation sites is 1. The molecular formula is C22H17N3O. The minimum absolute atomic E-state index is 0.0180. The molecule has 3 aromatic rings. The molecule has 0 aliphatic carbocycles. The van der Waals surface area contributed by atoms with Gasteiger partial charge in [0.25, 0.3) is 5.91 Å². The average Bonchev–Trinajstić information content (AvgIpc) is 2.71. The third kappa shape index (κ3) is 2.91. The lowest BCUT2D eigenvalue weighted by Crippen LogP contribution is -2.42. The van der Waals surface area contributed by atoms with Gasteiger partial charge < -0.3 is 10.2 Å². The van der Waals surface area contributed by atoms with Crippen molar-refractivity contribution in [3.63, 3.8) is 0 Å². The standard InChI is InChI=1S/C22H17N3O/c23-14-17-9-6-10-18(13-17)21-24-20-12-5-4-11-19(20)22(26)25(21)15-16-7-2-1-3-8-16/h1-13,21,24H,15H2/t21-/m0/s1. The number of carbonyl (C=O) groups is 1. The van der Waals surface area contributed by atoms with E-state index in [9.17, 15) is 10.1 Å². The van der Waals surface area contributed by atoms with E-state index in [1.54, 1.807) is 6.07 Å². The molecule has 1 N–H and O–H groups in total. The van der Waals surface area contributed by atoms with E-state index < -0.39 is 0 Å². The topological polar surface area (TPSA) is 56.1 Å². The van der Waals surface area contributed by atoms with Gasteiger partial charge in [-0.05, 0) is 35.4 Å². The molecule has 4 nitrogen and oxygen atoms in total. The van der Waals surface area contributed by atoms with E-state index in [1.807, 2.05) is 77.7 Å². The van der Waals surface area contributed by atoms with Gasteiger partial charge in [-0.15, -0.1) is 0 Å². The first-order valence-electron chi connectivity index (χ1n) is 8.47. The maximum Gasteiger partial charge on any atom is 0.258 e. The molecule has 4 heteroatoms. The molecule has 0 radical (unpaired) electrons. The SMILES string of the molecule is N#Cc1cccc([C@H]2Nc3ccccc3C(=O)N2Cc2ccccc2)c1. The predicted octanol–water partition coefficient (Wildman–Crippen LogP) is 4.32. The molecule has 0 saturated heterocycles. The summed E-state index contributed by atoms with van der Waals surface area (Å²) < 4.78 is 0. The number of nitrogens with zero attached hydrogens (tertiary/aromatic N) is 2. The zero-order valence-corrected chi connectivity index (χ0v) is 14.1. The number of rotatable bonds is 3. The van der Waals surface area contributed by atoms with E-state index in [4.69, 9.17) is 0 Å². The summed E-state index contributed by atoms with van der Waals surface area (Å²) in [6.45, 7) is 0.489. The Hall–Kier alpha value is -3.58. The number of hydrogen-bond acceptors (Lipinski definition) is 3. The smallest absolute Gasteiger partial charge is 0.258 e. The number of amides is 1. The Morgan fingerprint density at radius 1 is 0.962 bits per heavy atom. The molecule has 0 bridgehead atoms. The third-order valence-electron chi connectivity index (χ3n) is 4.55. The number of carbonyl (C=O) groups excluding carboxylic acids is 1. The normalized spacial score (nSPS) is 15.7. The molecule has 1 amide bonds. The summed E-state index contributed by atoms with van der Waals surface area (Å²) in [5.74, 6) is -0.0180. The van der Waals surface area contributed by atoms with Crippen molar-refractivity contribution >= 4 is 11.6 Å². The lowest BCUT2D eigenvalue weighted by Gasteiger charge is -2.38. The van der Waals surface area contributed by atoms with E-state index in [2.05, 4.69) is 11.4 Å². The van der Waals surface area contributed by atoms with E-state index >= 15 is 0 Å². The monoisotopic (exact) mass is 339 g/mol. The lowest BCUT2D eigenvalue weighted by molar-refractivity contribution is 0.0666. The lowest BCUT2D eigenvalue weighted by atomic mass is 10.0. The van der Waals surface area contributed by atoms with Crippen molar-refractivity contribution in [2.45, 2.75) is 12.7 Å². The quantitative estimate of drug-likeness (QED) is 0.773. The van der Waals surface area contributed by atoms with E-state index in [0.29, 0.717) is 17.7 Å². The Labute approximate surface area is 152 Å². The van der Waals surface area contributed by atoms with Crippen LogP contribution in [0.4, 0.5) is 5.69 Å². The van der Waals surface area contributed by atoms with Crippen molar-refractivity contribution in [2.24, 2.45) is 0 Å². The molecule has 1 heterocycles. The highest BCUT2D eigenvalue weighted by atomic mass is 16.2. The van der Waals surface area contributed by atoms with E-state index in [1.165, 1.54) is 0 Å². The summed E-state index contributed by atoms with van der Waals surface area (Å²) in [5, 5.41) is 12.7. The summed E-state index contributed by atoms with van der Waals surface area (Å²) in [4.78, 5) is 15.0. The van der Waals surface area contributed by atoms with Gasteiger partial charge in [-0.1, -0.05) is 54.6 Å². The molecule has 4 rings (SSSR count). The van der Waals surface area contributed by atoms with Crippen molar-refractivity contribution in [3.05, 3.63) is 101 Å². The van der Waals surface area contributed by atoms with Gasteiger partial charge in [-0.3, -0.25) is 4.79 Å². The highest BCUT2D eigenvalue weighted by Gasteiger charge is 2.32. The molecule has 126 valence electrons. The van der Waals surface area contributed by atoms with Crippen LogP contribution in [-0.2, 0) is 6.54 Å². The van der Waals surface area contributed by atoms with E-state index in [-0.39, 0.29) is 12.1 Å². The number of benzene rings is 3. The zero-order chi connectivity index (χ0) is 17.9. The molecule has 1 aliphatic rings. The summed E-state index contributed by atoms with van der Waals surface area (Å²) in [6.07, 6.45) is -0.328. The summed E-state index contributed by atoms with van der Waals surface area (Å²) >= 11 is 0. The van der Waals surface area contributed by atoms with Crippen LogP contribution < -0.4 is 5.32 Å². The fourth-order valence-electron chi connectivity index (χ4n) is 3.28. The van der Waals surface area contributed by atoms with Gasteiger partial charge >= 0.3 is 0 Å². The van der Waals surface area contributed by atoms with Gasteiger partial charge in [0.2, 0.25) is 0 Å². The molecule has 26 heavy (non-hydrogen) atoms. The van der Waals surface area contributed by atoms with Gasteiger partial charge in [0.05, 0.1) is 17.2 Å². The van der Waals surface area contributed by atoms with Crippen LogP contribution in [-0.4, -0.2) is 10.8 Å². The molecule has 0 unspecified atom stereocenters. The summed E-state index contributed by atoms with van der Waals surface area (Å²) in [6, 6.07) is 27.0. The number of nitriles is 1. The van der Waals surface area contributed by atoms with Crippen molar-refractivity contribution in [1.29, 1.82) is 5.26 Å². The molecule has 1 atom stereocenters. The second kappa shape index (κ2) is 6.73. The highest BCUT2D eigenvalue weighted by molar-refractivity contribution is 6.01. The maximum atomic E-state index is 13.2. The number of anilines is 1. The van der Waals surface area contributed by atoms with Crippen molar-refractivity contribution in [2.75, 3.05) is 5.32 Å². The van der Waals surface area contributed by atoms with Crippen molar-refractivity contribution < 1.29 is 4.79 Å². The van der Waals surface area contributed by atoms with Gasteiger partial charge in [0.1, 0.15) is 6.17 Å². The molecule has 3 aromatic carbocycles. The Balaban J connectivity index is 1.78. The summed E-state index contributed by atoms with van der Waals surface area (Å²) in [5.41, 5.74) is 4.01. The van der Waals surface area contributed by atoms with Crippen molar-refractivity contribution in [3.8, 4) is 6.07 Å². The molecular weight excluding hydrogens is 322 g/mol.